The van der Waals surface area contributed by atoms with Gasteiger partial charge < -0.3 is 10.2 Å². The summed E-state index contributed by atoms with van der Waals surface area (Å²) in [6.45, 7) is 5.03. The third kappa shape index (κ3) is 2.33. The second-order valence-corrected chi connectivity index (χ2v) is 4.90. The number of hydrogen-bond donors (Lipinski definition) is 2. The van der Waals surface area contributed by atoms with Crippen LogP contribution < -0.4 is 10.2 Å². The van der Waals surface area contributed by atoms with Gasteiger partial charge in [0.15, 0.2) is 0 Å². The first-order chi connectivity index (χ1) is 9.25. The number of aromatic nitrogens is 2. The number of nitrogens with one attached hydrogen (secondary N) is 2. The highest BCUT2D eigenvalue weighted by Crippen LogP contribution is 2.28. The molecular formula is C14H17FN4. The predicted octanol–water partition coefficient (Wildman–Crippen LogP) is 2.01. The fraction of sp³-hybridized carbons (Fsp3) is 0.357. The first kappa shape index (κ1) is 12.2. The highest BCUT2D eigenvalue weighted by molar-refractivity contribution is 5.68. The monoisotopic (exact) mass is 260 g/mol. The molecule has 0 saturated carbocycles. The zero-order valence-electron chi connectivity index (χ0n) is 10.9. The molecule has 0 unspecified atom stereocenters. The van der Waals surface area contributed by atoms with Crippen molar-refractivity contribution in [2.24, 2.45) is 0 Å². The summed E-state index contributed by atoms with van der Waals surface area (Å²) in [5.41, 5.74) is 2.44. The molecule has 2 N–H and O–H groups in total. The fourth-order valence-electron chi connectivity index (χ4n) is 2.54. The van der Waals surface area contributed by atoms with Crippen LogP contribution in [0, 0.1) is 5.82 Å². The molecule has 2 aromatic rings. The first-order valence-corrected chi connectivity index (χ1v) is 6.52. The van der Waals surface area contributed by atoms with Gasteiger partial charge in [0.2, 0.25) is 0 Å². The lowest BCUT2D eigenvalue weighted by atomic mass is 10.1. The quantitative estimate of drug-likeness (QED) is 0.868. The minimum atomic E-state index is -0.215. The standard InChI is InChI=1S/C14H17FN4/c1-10-7-16-4-5-19(10)12-2-3-14(15)13(6-12)11-8-17-18-9-11/h2-3,6,8-10,16H,4-5,7H2,1H3,(H,17,18)/t10-/m0/s1. The highest BCUT2D eigenvalue weighted by atomic mass is 19.1. The zero-order valence-corrected chi connectivity index (χ0v) is 10.9. The summed E-state index contributed by atoms with van der Waals surface area (Å²) < 4.78 is 13.9. The Kier molecular flexibility index (Phi) is 3.21. The maximum atomic E-state index is 13.9. The van der Waals surface area contributed by atoms with E-state index in [0.29, 0.717) is 11.6 Å². The number of aromatic amines is 1. The van der Waals surface area contributed by atoms with Crippen LogP contribution in [-0.2, 0) is 0 Å². The maximum Gasteiger partial charge on any atom is 0.131 e. The van der Waals surface area contributed by atoms with Crippen LogP contribution in [0.25, 0.3) is 11.1 Å². The minimum Gasteiger partial charge on any atom is -0.366 e. The van der Waals surface area contributed by atoms with E-state index < -0.39 is 0 Å². The van der Waals surface area contributed by atoms with E-state index >= 15 is 0 Å². The molecule has 3 rings (SSSR count). The van der Waals surface area contributed by atoms with Crippen molar-refractivity contribution in [1.82, 2.24) is 15.5 Å². The zero-order chi connectivity index (χ0) is 13.2. The van der Waals surface area contributed by atoms with E-state index in [-0.39, 0.29) is 5.82 Å². The van der Waals surface area contributed by atoms with E-state index in [1.165, 1.54) is 6.07 Å². The summed E-state index contributed by atoms with van der Waals surface area (Å²) in [5.74, 6) is -0.215. The van der Waals surface area contributed by atoms with E-state index in [1.54, 1.807) is 12.4 Å². The number of anilines is 1. The van der Waals surface area contributed by atoms with Gasteiger partial charge in [0.25, 0.3) is 0 Å². The lowest BCUT2D eigenvalue weighted by Crippen LogP contribution is -2.49. The molecule has 19 heavy (non-hydrogen) atoms. The van der Waals surface area contributed by atoms with Crippen LogP contribution >= 0.6 is 0 Å². The van der Waals surface area contributed by atoms with Gasteiger partial charge in [0.1, 0.15) is 5.82 Å². The van der Waals surface area contributed by atoms with Crippen LogP contribution in [0.1, 0.15) is 6.92 Å². The molecule has 0 radical (unpaired) electrons. The van der Waals surface area contributed by atoms with E-state index in [0.717, 1.165) is 30.9 Å². The maximum absolute atomic E-state index is 13.9. The smallest absolute Gasteiger partial charge is 0.131 e. The SMILES string of the molecule is C[C@H]1CNCCN1c1ccc(F)c(-c2cn[nH]c2)c1. The van der Waals surface area contributed by atoms with Gasteiger partial charge in [0, 0.05) is 48.7 Å². The van der Waals surface area contributed by atoms with Gasteiger partial charge in [-0.05, 0) is 25.1 Å². The predicted molar refractivity (Wildman–Crippen MR) is 73.7 cm³/mol. The molecule has 5 heteroatoms. The Morgan fingerprint density at radius 2 is 2.32 bits per heavy atom. The van der Waals surface area contributed by atoms with Crippen molar-refractivity contribution >= 4 is 5.69 Å². The summed E-state index contributed by atoms with van der Waals surface area (Å²) in [5, 5.41) is 9.96. The lowest BCUT2D eigenvalue weighted by molar-refractivity contribution is 0.500. The van der Waals surface area contributed by atoms with Crippen molar-refractivity contribution in [3.63, 3.8) is 0 Å². The van der Waals surface area contributed by atoms with E-state index in [4.69, 9.17) is 0 Å². The van der Waals surface area contributed by atoms with Gasteiger partial charge >= 0.3 is 0 Å². The van der Waals surface area contributed by atoms with Gasteiger partial charge in [-0.3, -0.25) is 5.10 Å². The third-order valence-electron chi connectivity index (χ3n) is 3.59. The van der Waals surface area contributed by atoms with Crippen LogP contribution in [-0.4, -0.2) is 35.9 Å². The Hall–Kier alpha value is -1.88. The van der Waals surface area contributed by atoms with Gasteiger partial charge in [-0.25, -0.2) is 4.39 Å². The molecular weight excluding hydrogens is 243 g/mol. The Labute approximate surface area is 111 Å². The van der Waals surface area contributed by atoms with Crippen LogP contribution in [0.5, 0.6) is 0 Å². The number of hydrogen-bond acceptors (Lipinski definition) is 3. The van der Waals surface area contributed by atoms with Crippen LogP contribution in [0.2, 0.25) is 0 Å². The molecule has 1 atom stereocenters. The number of halogens is 1. The van der Waals surface area contributed by atoms with Crippen LogP contribution in [0.4, 0.5) is 10.1 Å². The van der Waals surface area contributed by atoms with Crippen molar-refractivity contribution in [2.75, 3.05) is 24.5 Å². The largest absolute Gasteiger partial charge is 0.366 e. The molecule has 1 aromatic carbocycles. The normalized spacial score (nSPS) is 19.7. The molecule has 0 aliphatic carbocycles. The summed E-state index contributed by atoms with van der Waals surface area (Å²) in [4.78, 5) is 2.31. The Morgan fingerprint density at radius 3 is 3.05 bits per heavy atom. The van der Waals surface area contributed by atoms with Gasteiger partial charge in [0.05, 0.1) is 6.20 Å². The minimum absolute atomic E-state index is 0.215. The fourth-order valence-corrected chi connectivity index (χ4v) is 2.54. The number of rotatable bonds is 2. The molecule has 0 spiro atoms. The molecule has 4 nitrogen and oxygen atoms in total. The van der Waals surface area contributed by atoms with E-state index in [2.05, 4.69) is 27.3 Å². The molecule has 0 amide bonds. The molecule has 1 aliphatic heterocycles. The third-order valence-corrected chi connectivity index (χ3v) is 3.59. The van der Waals surface area contributed by atoms with E-state index in [9.17, 15) is 4.39 Å². The van der Waals surface area contributed by atoms with Crippen molar-refractivity contribution in [1.29, 1.82) is 0 Å². The average Bonchev–Trinajstić information content (AvgIpc) is 2.94. The molecule has 1 fully saturated rings. The van der Waals surface area contributed by atoms with Crippen molar-refractivity contribution in [3.05, 3.63) is 36.4 Å². The number of nitrogens with zero attached hydrogens (tertiary/aromatic N) is 2. The molecule has 2 heterocycles. The second-order valence-electron chi connectivity index (χ2n) is 4.90. The molecule has 1 saturated heterocycles. The lowest BCUT2D eigenvalue weighted by Gasteiger charge is -2.36. The van der Waals surface area contributed by atoms with Gasteiger partial charge in [-0.15, -0.1) is 0 Å². The molecule has 1 aliphatic rings. The number of benzene rings is 1. The van der Waals surface area contributed by atoms with Crippen LogP contribution in [0.3, 0.4) is 0 Å². The molecule has 100 valence electrons. The van der Waals surface area contributed by atoms with Crippen molar-refractivity contribution in [3.8, 4) is 11.1 Å². The molecule has 0 bridgehead atoms. The first-order valence-electron chi connectivity index (χ1n) is 6.52. The second kappa shape index (κ2) is 5.01. The summed E-state index contributed by atoms with van der Waals surface area (Å²) in [6, 6.07) is 5.70. The highest BCUT2D eigenvalue weighted by Gasteiger charge is 2.19. The molecule has 1 aromatic heterocycles. The summed E-state index contributed by atoms with van der Waals surface area (Å²) >= 11 is 0. The van der Waals surface area contributed by atoms with Crippen LogP contribution in [0.15, 0.2) is 30.6 Å². The van der Waals surface area contributed by atoms with Gasteiger partial charge in [-0.1, -0.05) is 0 Å². The topological polar surface area (TPSA) is 44.0 Å². The Bertz CT molecular complexity index is 553. The van der Waals surface area contributed by atoms with Gasteiger partial charge in [-0.2, -0.15) is 5.10 Å². The van der Waals surface area contributed by atoms with Crippen molar-refractivity contribution in [2.45, 2.75) is 13.0 Å². The summed E-state index contributed by atoms with van der Waals surface area (Å²) in [6.07, 6.45) is 3.35. The number of H-pyrrole nitrogens is 1. The Balaban J connectivity index is 1.97. The average molecular weight is 260 g/mol. The summed E-state index contributed by atoms with van der Waals surface area (Å²) in [7, 11) is 0. The number of piperazine rings is 1. The van der Waals surface area contributed by atoms with E-state index in [1.807, 2.05) is 12.1 Å². The Morgan fingerprint density at radius 1 is 1.42 bits per heavy atom. The van der Waals surface area contributed by atoms with Crippen molar-refractivity contribution < 1.29 is 4.39 Å².